The summed E-state index contributed by atoms with van der Waals surface area (Å²) in [6, 6.07) is 4.26. The summed E-state index contributed by atoms with van der Waals surface area (Å²) >= 11 is 0. The first-order valence-electron chi connectivity index (χ1n) is 4.57. The van der Waals surface area contributed by atoms with Crippen LogP contribution in [0.3, 0.4) is 0 Å². The monoisotopic (exact) mass is 207 g/mol. The summed E-state index contributed by atoms with van der Waals surface area (Å²) in [7, 11) is 0. The van der Waals surface area contributed by atoms with E-state index in [1.54, 1.807) is 6.92 Å². The van der Waals surface area contributed by atoms with E-state index in [4.69, 9.17) is 4.74 Å². The third-order valence-electron chi connectivity index (χ3n) is 2.39. The van der Waals surface area contributed by atoms with Crippen molar-refractivity contribution in [3.8, 4) is 5.75 Å². The number of nitro groups is 1. The lowest BCUT2D eigenvalue weighted by molar-refractivity contribution is -0.385. The molecule has 0 saturated carbocycles. The number of esters is 1. The molecule has 0 aliphatic carbocycles. The standard InChI is InChI=1S/C10H9NO4/c1-6-4-7-5-8(11(13)14)2-3-9(7)15-10(6)12/h2-3,5-6H,4H2,1H3/t6-/m0/s1. The second kappa shape index (κ2) is 3.34. The number of fused-ring (bicyclic) bond motifs is 1. The Morgan fingerprint density at radius 3 is 2.93 bits per heavy atom. The predicted octanol–water partition coefficient (Wildman–Crippen LogP) is 1.69. The van der Waals surface area contributed by atoms with Gasteiger partial charge in [-0.15, -0.1) is 0 Å². The molecule has 0 aromatic heterocycles. The van der Waals surface area contributed by atoms with Gasteiger partial charge in [-0.05, 0) is 12.5 Å². The van der Waals surface area contributed by atoms with Crippen molar-refractivity contribution < 1.29 is 14.5 Å². The van der Waals surface area contributed by atoms with Gasteiger partial charge < -0.3 is 4.74 Å². The SMILES string of the molecule is C[C@H]1Cc2cc([N+](=O)[O-])ccc2OC1=O. The van der Waals surface area contributed by atoms with Gasteiger partial charge in [0, 0.05) is 17.7 Å². The van der Waals surface area contributed by atoms with Crippen molar-refractivity contribution in [1.82, 2.24) is 0 Å². The van der Waals surface area contributed by atoms with Crippen molar-refractivity contribution in [2.45, 2.75) is 13.3 Å². The van der Waals surface area contributed by atoms with Gasteiger partial charge in [-0.2, -0.15) is 0 Å². The summed E-state index contributed by atoms with van der Waals surface area (Å²) in [5.41, 5.74) is 0.746. The van der Waals surface area contributed by atoms with Gasteiger partial charge in [0.25, 0.3) is 5.69 Å². The maximum absolute atomic E-state index is 11.2. The molecule has 0 saturated heterocycles. The summed E-state index contributed by atoms with van der Waals surface area (Å²) in [6.45, 7) is 1.74. The van der Waals surface area contributed by atoms with Crippen molar-refractivity contribution in [3.05, 3.63) is 33.9 Å². The Hall–Kier alpha value is -1.91. The van der Waals surface area contributed by atoms with Crippen LogP contribution in [0, 0.1) is 16.0 Å². The minimum absolute atomic E-state index is 0.0268. The number of nitro benzene ring substituents is 1. The van der Waals surface area contributed by atoms with Crippen LogP contribution in [-0.2, 0) is 11.2 Å². The maximum atomic E-state index is 11.2. The van der Waals surface area contributed by atoms with Gasteiger partial charge in [-0.3, -0.25) is 14.9 Å². The average Bonchev–Trinajstić information content (AvgIpc) is 2.19. The highest BCUT2D eigenvalue weighted by Crippen LogP contribution is 2.30. The number of carbonyl (C=O) groups is 1. The predicted molar refractivity (Wildman–Crippen MR) is 51.6 cm³/mol. The molecule has 5 nitrogen and oxygen atoms in total. The molecular formula is C10H9NO4. The Kier molecular flexibility index (Phi) is 2.15. The molecular weight excluding hydrogens is 198 g/mol. The third-order valence-corrected chi connectivity index (χ3v) is 2.39. The van der Waals surface area contributed by atoms with E-state index >= 15 is 0 Å². The molecule has 0 spiro atoms. The number of rotatable bonds is 1. The zero-order valence-electron chi connectivity index (χ0n) is 8.10. The smallest absolute Gasteiger partial charge is 0.314 e. The lowest BCUT2D eigenvalue weighted by Crippen LogP contribution is -2.25. The minimum Gasteiger partial charge on any atom is -0.426 e. The summed E-state index contributed by atoms with van der Waals surface area (Å²) < 4.78 is 5.02. The molecule has 0 radical (unpaired) electrons. The van der Waals surface area contributed by atoms with Crippen molar-refractivity contribution in [3.63, 3.8) is 0 Å². The largest absolute Gasteiger partial charge is 0.426 e. The number of non-ortho nitro benzene ring substituents is 1. The molecule has 15 heavy (non-hydrogen) atoms. The van der Waals surface area contributed by atoms with Crippen LogP contribution in [0.15, 0.2) is 18.2 Å². The van der Waals surface area contributed by atoms with Gasteiger partial charge in [-0.1, -0.05) is 6.92 Å². The Morgan fingerprint density at radius 1 is 1.53 bits per heavy atom. The highest BCUT2D eigenvalue weighted by molar-refractivity contribution is 5.77. The first kappa shape index (κ1) is 9.64. The van der Waals surface area contributed by atoms with E-state index in [0.717, 1.165) is 5.56 Å². The molecule has 78 valence electrons. The molecule has 5 heteroatoms. The van der Waals surface area contributed by atoms with Gasteiger partial charge in [0.1, 0.15) is 5.75 Å². The zero-order valence-corrected chi connectivity index (χ0v) is 8.10. The Morgan fingerprint density at radius 2 is 2.27 bits per heavy atom. The number of benzene rings is 1. The molecule has 1 atom stereocenters. The van der Waals surface area contributed by atoms with Crippen LogP contribution in [-0.4, -0.2) is 10.9 Å². The molecule has 1 aromatic rings. The second-order valence-corrected chi connectivity index (χ2v) is 3.58. The molecule has 1 aromatic carbocycles. The van der Waals surface area contributed by atoms with Crippen molar-refractivity contribution in [1.29, 1.82) is 0 Å². The molecule has 1 heterocycles. The van der Waals surface area contributed by atoms with Crippen LogP contribution in [0.1, 0.15) is 12.5 Å². The molecule has 0 bridgehead atoms. The molecule has 0 amide bonds. The molecule has 0 fully saturated rings. The van der Waals surface area contributed by atoms with Gasteiger partial charge in [-0.25, -0.2) is 0 Å². The van der Waals surface area contributed by atoms with Gasteiger partial charge in [0.05, 0.1) is 10.8 Å². The Balaban J connectivity index is 2.41. The Labute approximate surface area is 85.8 Å². The number of hydrogen-bond donors (Lipinski definition) is 0. The van der Waals surface area contributed by atoms with E-state index < -0.39 is 4.92 Å². The fourth-order valence-corrected chi connectivity index (χ4v) is 1.56. The average molecular weight is 207 g/mol. The van der Waals surface area contributed by atoms with Crippen LogP contribution >= 0.6 is 0 Å². The molecule has 0 N–H and O–H groups in total. The molecule has 0 unspecified atom stereocenters. The summed E-state index contributed by atoms with van der Waals surface area (Å²) in [5.74, 6) is -0.0837. The van der Waals surface area contributed by atoms with Crippen molar-refractivity contribution >= 4 is 11.7 Å². The van der Waals surface area contributed by atoms with Gasteiger partial charge >= 0.3 is 5.97 Å². The highest BCUT2D eigenvalue weighted by Gasteiger charge is 2.25. The van der Waals surface area contributed by atoms with Crippen LogP contribution in [0.25, 0.3) is 0 Å². The van der Waals surface area contributed by atoms with Gasteiger partial charge in [0.2, 0.25) is 0 Å². The van der Waals surface area contributed by atoms with Crippen LogP contribution in [0.5, 0.6) is 5.75 Å². The van der Waals surface area contributed by atoms with E-state index in [-0.39, 0.29) is 17.6 Å². The highest BCUT2D eigenvalue weighted by atomic mass is 16.6. The minimum atomic E-state index is -0.457. The first-order valence-corrected chi connectivity index (χ1v) is 4.57. The fraction of sp³-hybridized carbons (Fsp3) is 0.300. The number of carbonyl (C=O) groups excluding carboxylic acids is 1. The van der Waals surface area contributed by atoms with Gasteiger partial charge in [0.15, 0.2) is 0 Å². The number of hydrogen-bond acceptors (Lipinski definition) is 4. The third kappa shape index (κ3) is 1.68. The normalized spacial score (nSPS) is 19.3. The lowest BCUT2D eigenvalue weighted by Gasteiger charge is -2.19. The fourth-order valence-electron chi connectivity index (χ4n) is 1.56. The molecule has 1 aliphatic rings. The van der Waals surface area contributed by atoms with Crippen molar-refractivity contribution in [2.75, 3.05) is 0 Å². The van der Waals surface area contributed by atoms with E-state index in [9.17, 15) is 14.9 Å². The van der Waals surface area contributed by atoms with Crippen LogP contribution in [0.2, 0.25) is 0 Å². The van der Waals surface area contributed by atoms with E-state index in [1.807, 2.05) is 0 Å². The van der Waals surface area contributed by atoms with E-state index in [1.165, 1.54) is 18.2 Å². The summed E-state index contributed by atoms with van der Waals surface area (Å²) in [5, 5.41) is 10.5. The molecule has 1 aliphatic heterocycles. The van der Waals surface area contributed by atoms with E-state index in [2.05, 4.69) is 0 Å². The molecule has 2 rings (SSSR count). The van der Waals surface area contributed by atoms with Crippen LogP contribution < -0.4 is 4.74 Å². The lowest BCUT2D eigenvalue weighted by atomic mass is 9.97. The summed E-state index contributed by atoms with van der Waals surface area (Å²) in [4.78, 5) is 21.3. The zero-order chi connectivity index (χ0) is 11.0. The van der Waals surface area contributed by atoms with Crippen LogP contribution in [0.4, 0.5) is 5.69 Å². The number of ether oxygens (including phenoxy) is 1. The summed E-state index contributed by atoms with van der Waals surface area (Å²) in [6.07, 6.45) is 0.496. The van der Waals surface area contributed by atoms with E-state index in [0.29, 0.717) is 12.2 Å². The Bertz CT molecular complexity index is 441. The number of nitrogens with zero attached hydrogens (tertiary/aromatic N) is 1. The topological polar surface area (TPSA) is 69.4 Å². The second-order valence-electron chi connectivity index (χ2n) is 3.58. The maximum Gasteiger partial charge on any atom is 0.314 e. The quantitative estimate of drug-likeness (QED) is 0.304. The van der Waals surface area contributed by atoms with Crippen molar-refractivity contribution in [2.24, 2.45) is 5.92 Å². The first-order chi connectivity index (χ1) is 7.08.